The Morgan fingerprint density at radius 2 is 1.97 bits per heavy atom. The lowest BCUT2D eigenvalue weighted by Gasteiger charge is -2.50. The zero-order valence-corrected chi connectivity index (χ0v) is 17.8. The average molecular weight is 417 g/mol. The molecule has 0 bridgehead atoms. The molecule has 2 N–H and O–H groups in total. The van der Waals surface area contributed by atoms with Gasteiger partial charge in [0.05, 0.1) is 23.4 Å². The molecule has 2 aromatic rings. The number of hydrogen-bond donors (Lipinski definition) is 2. The maximum absolute atomic E-state index is 10.7. The standard InChI is InChI=1S/C26H28N2O3/c1-26-11-10-20-19-7-6-18(29)12-22(19)24(13-21(20)23(26)8-9-25(26)30)28-31-15-17-4-2-16(14-27)3-5-17/h2-7,12,20-21,23,25,29-30H,8-11,13,15H2,1H3/t20-,21-,23+,25?,26+/m1/s1. The number of benzene rings is 2. The molecule has 0 spiro atoms. The molecule has 0 heterocycles. The fourth-order valence-electron chi connectivity index (χ4n) is 6.33. The van der Waals surface area contributed by atoms with E-state index in [9.17, 15) is 10.2 Å². The third-order valence-electron chi connectivity index (χ3n) is 8.05. The van der Waals surface area contributed by atoms with Crippen molar-refractivity contribution in [2.75, 3.05) is 0 Å². The fourth-order valence-corrected chi connectivity index (χ4v) is 6.33. The van der Waals surface area contributed by atoms with Crippen molar-refractivity contribution >= 4 is 5.71 Å². The lowest BCUT2D eigenvalue weighted by molar-refractivity contribution is -0.0179. The Bertz CT molecular complexity index is 1060. The summed E-state index contributed by atoms with van der Waals surface area (Å²) >= 11 is 0. The molecule has 5 heteroatoms. The number of aromatic hydroxyl groups is 1. The molecule has 0 saturated heterocycles. The molecule has 3 aliphatic carbocycles. The van der Waals surface area contributed by atoms with Crippen LogP contribution in [0, 0.1) is 28.6 Å². The first kappa shape index (κ1) is 20.1. The first-order valence-corrected chi connectivity index (χ1v) is 11.2. The highest BCUT2D eigenvalue weighted by Crippen LogP contribution is 2.61. The zero-order chi connectivity index (χ0) is 21.6. The second kappa shape index (κ2) is 7.69. The van der Waals surface area contributed by atoms with Crippen molar-refractivity contribution in [3.63, 3.8) is 0 Å². The Kier molecular flexibility index (Phi) is 4.98. The first-order chi connectivity index (χ1) is 15.0. The molecule has 0 amide bonds. The van der Waals surface area contributed by atoms with Crippen LogP contribution in [0.4, 0.5) is 0 Å². The van der Waals surface area contributed by atoms with Gasteiger partial charge in [0.1, 0.15) is 12.4 Å². The average Bonchev–Trinajstić information content (AvgIpc) is 3.09. The van der Waals surface area contributed by atoms with E-state index in [4.69, 9.17) is 10.1 Å². The number of oxime groups is 1. The van der Waals surface area contributed by atoms with E-state index >= 15 is 0 Å². The van der Waals surface area contributed by atoms with E-state index in [0.29, 0.717) is 29.9 Å². The van der Waals surface area contributed by atoms with Crippen LogP contribution in [0.25, 0.3) is 0 Å². The number of fused-ring (bicyclic) bond motifs is 5. The molecule has 1 unspecified atom stereocenters. The number of rotatable bonds is 3. The number of phenolic OH excluding ortho intramolecular Hbond substituents is 1. The molecule has 5 nitrogen and oxygen atoms in total. The highest BCUT2D eigenvalue weighted by molar-refractivity contribution is 6.03. The molecule has 0 aliphatic heterocycles. The lowest BCUT2D eigenvalue weighted by Crippen LogP contribution is -2.45. The normalized spacial score (nSPS) is 32.6. The van der Waals surface area contributed by atoms with Crippen LogP contribution in [-0.2, 0) is 11.4 Å². The summed E-state index contributed by atoms with van der Waals surface area (Å²) in [5.74, 6) is 1.60. The minimum absolute atomic E-state index is 0.00988. The summed E-state index contributed by atoms with van der Waals surface area (Å²) in [4.78, 5) is 5.74. The Balaban J connectivity index is 1.43. The topological polar surface area (TPSA) is 85.8 Å². The second-order valence-electron chi connectivity index (χ2n) is 9.61. The summed E-state index contributed by atoms with van der Waals surface area (Å²) in [5.41, 5.74) is 4.69. The van der Waals surface area contributed by atoms with Gasteiger partial charge in [-0.3, -0.25) is 0 Å². The van der Waals surface area contributed by atoms with Crippen molar-refractivity contribution in [2.24, 2.45) is 22.4 Å². The summed E-state index contributed by atoms with van der Waals surface area (Å²) in [6, 6.07) is 15.1. The summed E-state index contributed by atoms with van der Waals surface area (Å²) < 4.78 is 0. The second-order valence-corrected chi connectivity index (χ2v) is 9.61. The van der Waals surface area contributed by atoms with Crippen LogP contribution in [0.5, 0.6) is 5.75 Å². The number of nitriles is 1. The van der Waals surface area contributed by atoms with Gasteiger partial charge in [-0.15, -0.1) is 0 Å². The van der Waals surface area contributed by atoms with E-state index in [0.717, 1.165) is 48.9 Å². The molecule has 5 atom stereocenters. The predicted octanol–water partition coefficient (Wildman–Crippen LogP) is 4.86. The minimum atomic E-state index is -0.215. The van der Waals surface area contributed by atoms with E-state index in [2.05, 4.69) is 18.1 Å². The molecule has 0 radical (unpaired) electrons. The van der Waals surface area contributed by atoms with Gasteiger partial charge in [0.2, 0.25) is 0 Å². The van der Waals surface area contributed by atoms with Crippen LogP contribution >= 0.6 is 0 Å². The van der Waals surface area contributed by atoms with Gasteiger partial charge in [-0.25, -0.2) is 0 Å². The van der Waals surface area contributed by atoms with Crippen molar-refractivity contribution in [1.82, 2.24) is 0 Å². The van der Waals surface area contributed by atoms with Gasteiger partial charge in [-0.1, -0.05) is 30.3 Å². The number of nitrogens with zero attached hydrogens (tertiary/aromatic N) is 2. The number of hydrogen-bond acceptors (Lipinski definition) is 5. The van der Waals surface area contributed by atoms with Crippen molar-refractivity contribution in [1.29, 1.82) is 5.26 Å². The molecule has 5 rings (SSSR count). The summed E-state index contributed by atoms with van der Waals surface area (Å²) in [6.07, 6.45) is 4.64. The van der Waals surface area contributed by atoms with Crippen LogP contribution in [-0.4, -0.2) is 22.0 Å². The third kappa shape index (κ3) is 3.40. The van der Waals surface area contributed by atoms with E-state index in [-0.39, 0.29) is 17.3 Å². The van der Waals surface area contributed by atoms with E-state index < -0.39 is 0 Å². The van der Waals surface area contributed by atoms with Gasteiger partial charge >= 0.3 is 0 Å². The molecule has 31 heavy (non-hydrogen) atoms. The smallest absolute Gasteiger partial charge is 0.142 e. The number of phenols is 1. The highest BCUT2D eigenvalue weighted by Gasteiger charge is 2.55. The van der Waals surface area contributed by atoms with Gasteiger partial charge in [0.15, 0.2) is 0 Å². The lowest BCUT2D eigenvalue weighted by atomic mass is 9.55. The van der Waals surface area contributed by atoms with E-state index in [1.807, 2.05) is 24.3 Å². The zero-order valence-electron chi connectivity index (χ0n) is 17.8. The van der Waals surface area contributed by atoms with Crippen LogP contribution in [0.15, 0.2) is 47.6 Å². The Labute approximate surface area is 183 Å². The van der Waals surface area contributed by atoms with E-state index in [1.54, 1.807) is 18.2 Å². The number of aliphatic hydroxyl groups excluding tert-OH is 1. The monoisotopic (exact) mass is 416 g/mol. The van der Waals surface area contributed by atoms with Crippen molar-refractivity contribution in [2.45, 2.75) is 57.7 Å². The van der Waals surface area contributed by atoms with Crippen LogP contribution in [0.1, 0.15) is 67.2 Å². The molecule has 2 aromatic carbocycles. The maximum atomic E-state index is 10.7. The summed E-state index contributed by atoms with van der Waals surface area (Å²) in [6.45, 7) is 2.59. The summed E-state index contributed by atoms with van der Waals surface area (Å²) in [7, 11) is 0. The van der Waals surface area contributed by atoms with Gasteiger partial charge in [0.25, 0.3) is 0 Å². The highest BCUT2D eigenvalue weighted by atomic mass is 16.6. The van der Waals surface area contributed by atoms with Gasteiger partial charge < -0.3 is 15.1 Å². The molecular weight excluding hydrogens is 388 g/mol. The number of aliphatic hydroxyl groups is 1. The molecule has 2 fully saturated rings. The quantitative estimate of drug-likeness (QED) is 0.700. The fraction of sp³-hybridized carbons (Fsp3) is 0.462. The minimum Gasteiger partial charge on any atom is -0.508 e. The SMILES string of the molecule is C[C@]12CC[C@@H]3c4ccc(O)cc4C(=NOCc4ccc(C#N)cc4)C[C@H]3[C@@H]1CCC2O. The van der Waals surface area contributed by atoms with Crippen molar-refractivity contribution < 1.29 is 15.1 Å². The van der Waals surface area contributed by atoms with Crippen molar-refractivity contribution in [3.05, 3.63) is 64.7 Å². The van der Waals surface area contributed by atoms with Crippen LogP contribution in [0.2, 0.25) is 0 Å². The molecule has 2 saturated carbocycles. The Morgan fingerprint density at radius 1 is 1.16 bits per heavy atom. The first-order valence-electron chi connectivity index (χ1n) is 11.2. The Morgan fingerprint density at radius 3 is 2.74 bits per heavy atom. The van der Waals surface area contributed by atoms with Gasteiger partial charge in [0, 0.05) is 5.56 Å². The maximum Gasteiger partial charge on any atom is 0.142 e. The van der Waals surface area contributed by atoms with Gasteiger partial charge in [-0.05, 0) is 90.7 Å². The summed E-state index contributed by atoms with van der Waals surface area (Å²) in [5, 5.41) is 34.3. The molecule has 0 aromatic heterocycles. The third-order valence-corrected chi connectivity index (χ3v) is 8.05. The predicted molar refractivity (Wildman–Crippen MR) is 118 cm³/mol. The van der Waals surface area contributed by atoms with Gasteiger partial charge in [-0.2, -0.15) is 5.26 Å². The molecular formula is C26H28N2O3. The Hall–Kier alpha value is -2.84. The molecule has 3 aliphatic rings. The van der Waals surface area contributed by atoms with Crippen LogP contribution in [0.3, 0.4) is 0 Å². The van der Waals surface area contributed by atoms with Crippen LogP contribution < -0.4 is 0 Å². The molecule has 160 valence electrons. The van der Waals surface area contributed by atoms with Crippen molar-refractivity contribution in [3.8, 4) is 11.8 Å². The largest absolute Gasteiger partial charge is 0.508 e. The van der Waals surface area contributed by atoms with E-state index in [1.165, 1.54) is 5.56 Å².